The number of ketones is 1. The van der Waals surface area contributed by atoms with Crippen LogP contribution in [0.4, 0.5) is 11.4 Å². The summed E-state index contributed by atoms with van der Waals surface area (Å²) in [6, 6.07) is 18.7. The summed E-state index contributed by atoms with van der Waals surface area (Å²) in [5, 5.41) is 2.56. The van der Waals surface area contributed by atoms with Gasteiger partial charge in [0.1, 0.15) is 0 Å². The maximum absolute atomic E-state index is 12.8. The number of rotatable bonds is 8. The molecule has 0 spiro atoms. The van der Waals surface area contributed by atoms with Crippen LogP contribution in [0, 0.1) is 6.92 Å². The summed E-state index contributed by atoms with van der Waals surface area (Å²) in [6.45, 7) is 2.77. The normalized spacial score (nSPS) is 10.9. The Kier molecular flexibility index (Phi) is 7.47. The minimum atomic E-state index is -3.76. The van der Waals surface area contributed by atoms with Gasteiger partial charge in [0.25, 0.3) is 15.9 Å². The zero-order chi connectivity index (χ0) is 24.9. The number of Topliss-reactive ketones (excluding diaryl/α,β-unsaturated/α-hetero) is 1. The third-order valence-electron chi connectivity index (χ3n) is 5.03. The van der Waals surface area contributed by atoms with Crippen molar-refractivity contribution in [1.29, 1.82) is 0 Å². The Hall–Kier alpha value is -3.98. The zero-order valence-electron chi connectivity index (χ0n) is 18.9. The highest BCUT2D eigenvalue weighted by Gasteiger charge is 2.21. The molecule has 0 aromatic heterocycles. The first-order chi connectivity index (χ1) is 16.1. The molecule has 0 heterocycles. The Morgan fingerprint density at radius 1 is 0.912 bits per heavy atom. The SMILES string of the molecule is CC(=O)c1cccc(NC(=O)COC(=O)c2ccc(N(C)S(=O)(=O)c3ccc(C)cc3)cc2)c1. The number of esters is 1. The van der Waals surface area contributed by atoms with Crippen molar-refractivity contribution in [3.8, 4) is 0 Å². The van der Waals surface area contributed by atoms with Crippen molar-refractivity contribution in [2.24, 2.45) is 0 Å². The molecule has 3 rings (SSSR count). The van der Waals surface area contributed by atoms with Gasteiger partial charge < -0.3 is 10.1 Å². The molecule has 0 aliphatic rings. The molecule has 0 atom stereocenters. The molecule has 9 heteroatoms. The molecule has 0 bridgehead atoms. The fourth-order valence-corrected chi connectivity index (χ4v) is 4.24. The lowest BCUT2D eigenvalue weighted by atomic mass is 10.1. The van der Waals surface area contributed by atoms with Gasteiger partial charge >= 0.3 is 5.97 Å². The molecule has 0 saturated heterocycles. The Morgan fingerprint density at radius 2 is 1.56 bits per heavy atom. The summed E-state index contributed by atoms with van der Waals surface area (Å²) >= 11 is 0. The minimum absolute atomic E-state index is 0.136. The molecule has 176 valence electrons. The smallest absolute Gasteiger partial charge is 0.338 e. The van der Waals surface area contributed by atoms with Gasteiger partial charge in [-0.25, -0.2) is 13.2 Å². The number of anilines is 2. The molecule has 0 aliphatic carbocycles. The maximum Gasteiger partial charge on any atom is 0.338 e. The maximum atomic E-state index is 12.8. The lowest BCUT2D eigenvalue weighted by Crippen LogP contribution is -2.26. The van der Waals surface area contributed by atoms with Crippen LogP contribution in [0.3, 0.4) is 0 Å². The number of hydrogen-bond acceptors (Lipinski definition) is 6. The van der Waals surface area contributed by atoms with E-state index < -0.39 is 28.5 Å². The standard InChI is InChI=1S/C25H24N2O6S/c1-17-7-13-23(14-8-17)34(31,32)27(3)22-11-9-19(10-12-22)25(30)33-16-24(29)26-21-6-4-5-20(15-21)18(2)28/h4-15H,16H2,1-3H3,(H,26,29). The van der Waals surface area contributed by atoms with Crippen LogP contribution in [0.25, 0.3) is 0 Å². The van der Waals surface area contributed by atoms with E-state index in [2.05, 4.69) is 5.32 Å². The summed E-state index contributed by atoms with van der Waals surface area (Å²) in [6.07, 6.45) is 0. The van der Waals surface area contributed by atoms with Gasteiger partial charge in [0, 0.05) is 18.3 Å². The van der Waals surface area contributed by atoms with E-state index in [-0.39, 0.29) is 16.2 Å². The molecule has 1 amide bonds. The average molecular weight is 481 g/mol. The van der Waals surface area contributed by atoms with Crippen LogP contribution in [-0.2, 0) is 19.6 Å². The van der Waals surface area contributed by atoms with Gasteiger partial charge in [0.2, 0.25) is 0 Å². The van der Waals surface area contributed by atoms with E-state index in [1.807, 2.05) is 6.92 Å². The zero-order valence-corrected chi connectivity index (χ0v) is 19.8. The second-order valence-corrected chi connectivity index (χ2v) is 9.56. The number of nitrogens with one attached hydrogen (secondary N) is 1. The lowest BCUT2D eigenvalue weighted by Gasteiger charge is -2.19. The highest BCUT2D eigenvalue weighted by Crippen LogP contribution is 2.23. The topological polar surface area (TPSA) is 110 Å². The number of amides is 1. The predicted molar refractivity (Wildman–Crippen MR) is 129 cm³/mol. The van der Waals surface area contributed by atoms with Crippen molar-refractivity contribution in [3.05, 3.63) is 89.5 Å². The number of hydrogen-bond donors (Lipinski definition) is 1. The first-order valence-electron chi connectivity index (χ1n) is 10.3. The van der Waals surface area contributed by atoms with E-state index in [0.29, 0.717) is 16.9 Å². The molecule has 8 nitrogen and oxygen atoms in total. The van der Waals surface area contributed by atoms with E-state index in [1.165, 1.54) is 56.4 Å². The summed E-state index contributed by atoms with van der Waals surface area (Å²) in [5.41, 5.74) is 2.33. The Morgan fingerprint density at radius 3 is 2.18 bits per heavy atom. The number of benzene rings is 3. The van der Waals surface area contributed by atoms with Gasteiger partial charge in [-0.3, -0.25) is 13.9 Å². The third kappa shape index (κ3) is 5.87. The van der Waals surface area contributed by atoms with Crippen LogP contribution in [0.5, 0.6) is 0 Å². The van der Waals surface area contributed by atoms with Gasteiger partial charge in [0.05, 0.1) is 16.1 Å². The van der Waals surface area contributed by atoms with E-state index in [1.54, 1.807) is 30.3 Å². The van der Waals surface area contributed by atoms with E-state index in [0.717, 1.165) is 9.87 Å². The third-order valence-corrected chi connectivity index (χ3v) is 6.83. The highest BCUT2D eigenvalue weighted by molar-refractivity contribution is 7.92. The summed E-state index contributed by atoms with van der Waals surface area (Å²) in [7, 11) is -2.33. The van der Waals surface area contributed by atoms with Gasteiger partial charge in [0.15, 0.2) is 12.4 Å². The van der Waals surface area contributed by atoms with Crippen LogP contribution < -0.4 is 9.62 Å². The second kappa shape index (κ2) is 10.3. The monoisotopic (exact) mass is 480 g/mol. The Labute approximate surface area is 198 Å². The molecule has 0 aliphatic heterocycles. The Balaban J connectivity index is 1.60. The quantitative estimate of drug-likeness (QED) is 0.388. The Bertz CT molecular complexity index is 1320. The van der Waals surface area contributed by atoms with Gasteiger partial charge in [-0.05, 0) is 62.4 Å². The minimum Gasteiger partial charge on any atom is -0.452 e. The van der Waals surface area contributed by atoms with Crippen LogP contribution >= 0.6 is 0 Å². The second-order valence-electron chi connectivity index (χ2n) is 7.59. The number of carbonyl (C=O) groups excluding carboxylic acids is 3. The molecule has 3 aromatic rings. The van der Waals surface area contributed by atoms with E-state index in [9.17, 15) is 22.8 Å². The van der Waals surface area contributed by atoms with Crippen LogP contribution in [0.1, 0.15) is 33.2 Å². The van der Waals surface area contributed by atoms with Crippen molar-refractivity contribution in [2.45, 2.75) is 18.7 Å². The summed E-state index contributed by atoms with van der Waals surface area (Å²) in [4.78, 5) is 36.0. The summed E-state index contributed by atoms with van der Waals surface area (Å²) < 4.78 is 31.8. The number of nitrogens with zero attached hydrogens (tertiary/aromatic N) is 1. The molecular weight excluding hydrogens is 456 g/mol. The van der Waals surface area contributed by atoms with E-state index in [4.69, 9.17) is 4.74 Å². The molecule has 0 radical (unpaired) electrons. The molecule has 3 aromatic carbocycles. The predicted octanol–water partition coefficient (Wildman–Crippen LogP) is 3.82. The van der Waals surface area contributed by atoms with Gasteiger partial charge in [-0.2, -0.15) is 0 Å². The number of carbonyl (C=O) groups is 3. The van der Waals surface area contributed by atoms with Crippen LogP contribution in [0.2, 0.25) is 0 Å². The van der Waals surface area contributed by atoms with Crippen molar-refractivity contribution >= 4 is 39.1 Å². The van der Waals surface area contributed by atoms with E-state index >= 15 is 0 Å². The number of aryl methyl sites for hydroxylation is 1. The molecule has 0 saturated carbocycles. The molecule has 34 heavy (non-hydrogen) atoms. The molecule has 0 unspecified atom stereocenters. The summed E-state index contributed by atoms with van der Waals surface area (Å²) in [5.74, 6) is -1.43. The molecule has 1 N–H and O–H groups in total. The van der Waals surface area contributed by atoms with Crippen molar-refractivity contribution in [1.82, 2.24) is 0 Å². The number of ether oxygens (including phenoxy) is 1. The van der Waals surface area contributed by atoms with Crippen molar-refractivity contribution < 1.29 is 27.5 Å². The first kappa shape index (κ1) is 24.7. The molecular formula is C25H24N2O6S. The first-order valence-corrected chi connectivity index (χ1v) is 11.8. The van der Waals surface area contributed by atoms with Gasteiger partial charge in [-0.15, -0.1) is 0 Å². The number of sulfonamides is 1. The highest BCUT2D eigenvalue weighted by atomic mass is 32.2. The van der Waals surface area contributed by atoms with Gasteiger partial charge in [-0.1, -0.05) is 29.8 Å². The average Bonchev–Trinajstić information content (AvgIpc) is 2.82. The largest absolute Gasteiger partial charge is 0.452 e. The van der Waals surface area contributed by atoms with Crippen molar-refractivity contribution in [3.63, 3.8) is 0 Å². The van der Waals surface area contributed by atoms with Crippen LogP contribution in [-0.4, -0.2) is 39.7 Å². The fraction of sp³-hybridized carbons (Fsp3) is 0.160. The lowest BCUT2D eigenvalue weighted by molar-refractivity contribution is -0.119. The fourth-order valence-electron chi connectivity index (χ4n) is 3.04. The molecule has 0 fully saturated rings. The van der Waals surface area contributed by atoms with Crippen molar-refractivity contribution in [2.75, 3.05) is 23.3 Å². The van der Waals surface area contributed by atoms with Crippen LogP contribution in [0.15, 0.2) is 77.7 Å².